The molecule has 3 unspecified atom stereocenters. The smallest absolute Gasteiger partial charge is 0.261 e. The summed E-state index contributed by atoms with van der Waals surface area (Å²) < 4.78 is 0. The average Bonchev–Trinajstić information content (AvgIpc) is 3.00. The molecule has 0 bridgehead atoms. The van der Waals surface area contributed by atoms with Crippen molar-refractivity contribution in [2.75, 3.05) is 0 Å². The normalized spacial score (nSPS) is 17.9. The van der Waals surface area contributed by atoms with E-state index in [0.717, 1.165) is 0 Å². The van der Waals surface area contributed by atoms with Crippen LogP contribution in [0.3, 0.4) is 0 Å². The first-order chi connectivity index (χ1) is 20.2. The Balaban J connectivity index is 1.71. The number of benzene rings is 5. The van der Waals surface area contributed by atoms with Crippen molar-refractivity contribution in [1.29, 1.82) is 10.5 Å². The predicted molar refractivity (Wildman–Crippen MR) is 158 cm³/mol. The van der Waals surface area contributed by atoms with Gasteiger partial charge in [0.15, 0.2) is 6.23 Å². The van der Waals surface area contributed by atoms with Gasteiger partial charge in [0.05, 0.1) is 34.4 Å². The van der Waals surface area contributed by atoms with Crippen LogP contribution in [0.15, 0.2) is 36.4 Å². The number of carbonyl (C=O) groups excluding carboxylic acids is 3. The van der Waals surface area contributed by atoms with Crippen molar-refractivity contribution < 1.29 is 19.5 Å². The van der Waals surface area contributed by atoms with E-state index in [1.807, 2.05) is 26.8 Å². The van der Waals surface area contributed by atoms with Gasteiger partial charge >= 0.3 is 0 Å². The van der Waals surface area contributed by atoms with E-state index in [9.17, 15) is 30.0 Å². The molecule has 7 rings (SSSR count). The highest BCUT2D eigenvalue weighted by Crippen LogP contribution is 2.49. The van der Waals surface area contributed by atoms with Crippen LogP contribution in [0.4, 0.5) is 0 Å². The number of hydrogen-bond donors (Lipinski definition) is 1. The van der Waals surface area contributed by atoms with E-state index in [2.05, 4.69) is 12.1 Å². The maximum atomic E-state index is 13.8. The summed E-state index contributed by atoms with van der Waals surface area (Å²) in [5.41, 5.74) is 2.01. The lowest BCUT2D eigenvalue weighted by molar-refractivity contribution is -0.0129. The minimum Gasteiger partial charge on any atom is -0.369 e. The second-order valence-electron chi connectivity index (χ2n) is 11.4. The molecule has 8 heteroatoms. The fraction of sp³-hybridized carbons (Fsp3) is 0.265. The summed E-state index contributed by atoms with van der Waals surface area (Å²) in [5.74, 6) is -1.21. The molecule has 0 radical (unpaired) electrons. The molecule has 3 atom stereocenters. The molecular formula is C34H26N4O4. The van der Waals surface area contributed by atoms with E-state index < -0.39 is 18.0 Å². The lowest BCUT2D eigenvalue weighted by Crippen LogP contribution is -2.45. The Hall–Kier alpha value is -5.05. The number of aliphatic hydroxyl groups excluding tert-OH is 1. The second kappa shape index (κ2) is 8.72. The molecule has 2 aliphatic heterocycles. The quantitative estimate of drug-likeness (QED) is 0.162. The van der Waals surface area contributed by atoms with Gasteiger partial charge in [0.25, 0.3) is 17.7 Å². The third-order valence-corrected chi connectivity index (χ3v) is 9.38. The molecule has 0 aliphatic carbocycles. The van der Waals surface area contributed by atoms with Gasteiger partial charge in [-0.05, 0) is 61.0 Å². The molecule has 0 aromatic heterocycles. The number of hydrogen-bond acceptors (Lipinski definition) is 6. The monoisotopic (exact) mass is 554 g/mol. The summed E-state index contributed by atoms with van der Waals surface area (Å²) in [7, 11) is 0. The van der Waals surface area contributed by atoms with Crippen molar-refractivity contribution in [3.05, 3.63) is 69.8 Å². The van der Waals surface area contributed by atoms with Gasteiger partial charge in [0.2, 0.25) is 0 Å². The molecule has 0 saturated carbocycles. The van der Waals surface area contributed by atoms with Crippen molar-refractivity contribution in [1.82, 2.24) is 9.80 Å². The summed E-state index contributed by atoms with van der Waals surface area (Å²) in [6.45, 7) is 7.55. The molecule has 5 aromatic carbocycles. The van der Waals surface area contributed by atoms with Gasteiger partial charge in [-0.15, -0.1) is 0 Å². The molecule has 8 nitrogen and oxygen atoms in total. The van der Waals surface area contributed by atoms with Crippen LogP contribution < -0.4 is 0 Å². The third-order valence-electron chi connectivity index (χ3n) is 9.38. The van der Waals surface area contributed by atoms with Crippen LogP contribution in [0.25, 0.3) is 43.1 Å². The summed E-state index contributed by atoms with van der Waals surface area (Å²) in [5, 5.41) is 36.7. The Bertz CT molecular complexity index is 2080. The number of nitrogens with zero attached hydrogens (tertiary/aromatic N) is 4. The number of nitriles is 2. The van der Waals surface area contributed by atoms with Crippen LogP contribution in [0, 0.1) is 22.7 Å². The molecule has 2 heterocycles. The Morgan fingerprint density at radius 2 is 1.26 bits per heavy atom. The number of carbonyl (C=O) groups is 3. The van der Waals surface area contributed by atoms with E-state index in [1.54, 1.807) is 37.3 Å². The van der Waals surface area contributed by atoms with Gasteiger partial charge in [-0.2, -0.15) is 10.5 Å². The molecule has 3 amide bonds. The zero-order valence-corrected chi connectivity index (χ0v) is 23.6. The van der Waals surface area contributed by atoms with Crippen molar-refractivity contribution >= 4 is 60.8 Å². The summed E-state index contributed by atoms with van der Waals surface area (Å²) in [6, 6.07) is 14.2. The highest BCUT2D eigenvalue weighted by atomic mass is 16.3. The number of rotatable bonds is 4. The van der Waals surface area contributed by atoms with E-state index in [4.69, 9.17) is 0 Å². The predicted octanol–water partition coefficient (Wildman–Crippen LogP) is 6.12. The molecule has 1 N–H and O–H groups in total. The number of amides is 3. The van der Waals surface area contributed by atoms with Crippen LogP contribution in [-0.2, 0) is 0 Å². The highest BCUT2D eigenvalue weighted by molar-refractivity contribution is 6.41. The SMILES string of the molecule is CCC(C)N1C(=O)c2cc(C#N)c3c4ccc5c6c(ccc(c7c(C#N)cc(c2c37)C1=O)c64)C(O)N(C(C)CC)C5=O. The second-order valence-corrected chi connectivity index (χ2v) is 11.4. The topological polar surface area (TPSA) is 126 Å². The molecule has 5 aromatic rings. The molecular weight excluding hydrogens is 528 g/mol. The first-order valence-corrected chi connectivity index (χ1v) is 14.2. The first-order valence-electron chi connectivity index (χ1n) is 14.2. The maximum absolute atomic E-state index is 13.8. The van der Waals surface area contributed by atoms with Gasteiger partial charge in [-0.3, -0.25) is 19.3 Å². The van der Waals surface area contributed by atoms with Gasteiger partial charge < -0.3 is 10.0 Å². The van der Waals surface area contributed by atoms with Gasteiger partial charge in [0, 0.05) is 50.1 Å². The highest BCUT2D eigenvalue weighted by Gasteiger charge is 2.40. The van der Waals surface area contributed by atoms with Crippen molar-refractivity contribution in [2.45, 2.75) is 58.8 Å². The summed E-state index contributed by atoms with van der Waals surface area (Å²) >= 11 is 0. The summed E-state index contributed by atoms with van der Waals surface area (Å²) in [4.78, 5) is 44.0. The Morgan fingerprint density at radius 3 is 1.79 bits per heavy atom. The van der Waals surface area contributed by atoms with Crippen LogP contribution in [-0.4, -0.2) is 44.7 Å². The van der Waals surface area contributed by atoms with Crippen molar-refractivity contribution in [2.24, 2.45) is 0 Å². The van der Waals surface area contributed by atoms with Crippen LogP contribution in [0.2, 0.25) is 0 Å². The molecule has 2 aliphatic rings. The van der Waals surface area contributed by atoms with Gasteiger partial charge in [-0.1, -0.05) is 32.0 Å². The van der Waals surface area contributed by atoms with Crippen LogP contribution >= 0.6 is 0 Å². The minimum absolute atomic E-state index is 0.194. The molecule has 206 valence electrons. The number of aliphatic hydroxyl groups is 1. The van der Waals surface area contributed by atoms with E-state index in [-0.39, 0.29) is 40.2 Å². The fourth-order valence-electron chi connectivity index (χ4n) is 7.01. The average molecular weight is 555 g/mol. The van der Waals surface area contributed by atoms with Gasteiger partial charge in [-0.25, -0.2) is 0 Å². The van der Waals surface area contributed by atoms with E-state index >= 15 is 0 Å². The van der Waals surface area contributed by atoms with Crippen LogP contribution in [0.5, 0.6) is 0 Å². The Morgan fingerprint density at radius 1 is 0.714 bits per heavy atom. The van der Waals surface area contributed by atoms with Crippen LogP contribution in [0.1, 0.15) is 94.5 Å². The zero-order valence-electron chi connectivity index (χ0n) is 23.6. The van der Waals surface area contributed by atoms with Crippen molar-refractivity contribution in [3.63, 3.8) is 0 Å². The third kappa shape index (κ3) is 2.95. The largest absolute Gasteiger partial charge is 0.369 e. The lowest BCUT2D eigenvalue weighted by Gasteiger charge is -2.38. The lowest BCUT2D eigenvalue weighted by atomic mass is 9.79. The number of fused-ring (bicyclic) bond motifs is 2. The molecule has 0 spiro atoms. The van der Waals surface area contributed by atoms with E-state index in [1.165, 1.54) is 9.80 Å². The zero-order chi connectivity index (χ0) is 29.8. The first kappa shape index (κ1) is 25.9. The molecule has 0 fully saturated rings. The van der Waals surface area contributed by atoms with Gasteiger partial charge in [0.1, 0.15) is 0 Å². The molecule has 0 saturated heterocycles. The van der Waals surface area contributed by atoms with Crippen molar-refractivity contribution in [3.8, 4) is 12.1 Å². The Labute approximate surface area is 241 Å². The minimum atomic E-state index is -1.16. The molecule has 42 heavy (non-hydrogen) atoms. The number of imide groups is 1. The standard InChI is InChI=1S/C34H26N4O4/c1-5-15(3)37-31(39)21-9-7-19-25-17(13-35)11-23-29-24(34(42)38(33(23)41)16(4)6-2)12-18(14-36)26(30(25)29)20-8-10-22(32(37)40)28(21)27(19)20/h7-12,15-16,31,39H,5-6H2,1-4H3. The summed E-state index contributed by atoms with van der Waals surface area (Å²) in [6.07, 6.45) is 0.0654. The maximum Gasteiger partial charge on any atom is 0.261 e. The fourth-order valence-corrected chi connectivity index (χ4v) is 7.01. The Kier molecular flexibility index (Phi) is 5.38. The van der Waals surface area contributed by atoms with E-state index in [0.29, 0.717) is 67.1 Å².